The number of sulfone groups is 1. The maximum absolute atomic E-state index is 12.3. The molecular weight excluding hydrogens is 364 g/mol. The molecular formula is C19H30N4O3S. The largest absolute Gasteiger partial charge is 0.357 e. The standard InChI is InChI=1S/C19H30N4O3S/c1-3-18(24)23-13-11-16(15-23)22-19(20-4-2)21-12-8-14-27(25,26)17-9-6-5-7-10-17/h5-7,9-10,16H,3-4,8,11-15H2,1-2H3,(H2,20,21,22). The maximum Gasteiger partial charge on any atom is 0.222 e. The Morgan fingerprint density at radius 3 is 2.67 bits per heavy atom. The van der Waals surface area contributed by atoms with Crippen molar-refractivity contribution in [3.63, 3.8) is 0 Å². The molecule has 1 aromatic carbocycles. The number of nitrogens with one attached hydrogen (secondary N) is 2. The molecule has 1 fully saturated rings. The van der Waals surface area contributed by atoms with Gasteiger partial charge in [0.05, 0.1) is 10.6 Å². The number of hydrogen-bond acceptors (Lipinski definition) is 4. The van der Waals surface area contributed by atoms with Crippen molar-refractivity contribution in [2.45, 2.75) is 44.0 Å². The number of likely N-dealkylation sites (tertiary alicyclic amines) is 1. The normalized spacial score (nSPS) is 17.8. The van der Waals surface area contributed by atoms with E-state index in [2.05, 4.69) is 15.6 Å². The van der Waals surface area contributed by atoms with Crippen LogP contribution in [-0.2, 0) is 14.6 Å². The van der Waals surface area contributed by atoms with Gasteiger partial charge in [-0.2, -0.15) is 0 Å². The highest BCUT2D eigenvalue weighted by atomic mass is 32.2. The maximum atomic E-state index is 12.3. The molecule has 0 saturated carbocycles. The average molecular weight is 395 g/mol. The van der Waals surface area contributed by atoms with Crippen LogP contribution in [0.5, 0.6) is 0 Å². The lowest BCUT2D eigenvalue weighted by molar-refractivity contribution is -0.129. The third kappa shape index (κ3) is 6.53. The molecule has 1 aliphatic rings. The van der Waals surface area contributed by atoms with Crippen LogP contribution < -0.4 is 10.6 Å². The van der Waals surface area contributed by atoms with Gasteiger partial charge in [0, 0.05) is 38.6 Å². The van der Waals surface area contributed by atoms with E-state index in [-0.39, 0.29) is 17.7 Å². The van der Waals surface area contributed by atoms with Crippen LogP contribution in [0.1, 0.15) is 33.1 Å². The Labute approximate surface area is 162 Å². The van der Waals surface area contributed by atoms with Crippen LogP contribution in [0.25, 0.3) is 0 Å². The minimum Gasteiger partial charge on any atom is -0.357 e. The van der Waals surface area contributed by atoms with E-state index >= 15 is 0 Å². The third-order valence-electron chi connectivity index (χ3n) is 4.47. The molecule has 1 unspecified atom stereocenters. The van der Waals surface area contributed by atoms with Crippen molar-refractivity contribution in [2.24, 2.45) is 4.99 Å². The Balaban J connectivity index is 1.84. The summed E-state index contributed by atoms with van der Waals surface area (Å²) in [5.74, 6) is 0.917. The predicted octanol–water partition coefficient (Wildman–Crippen LogP) is 1.42. The van der Waals surface area contributed by atoms with E-state index in [0.29, 0.717) is 36.8 Å². The Morgan fingerprint density at radius 2 is 2.00 bits per heavy atom. The Bertz CT molecular complexity index is 735. The molecule has 1 amide bonds. The van der Waals surface area contributed by atoms with Crippen molar-refractivity contribution in [2.75, 3.05) is 31.9 Å². The van der Waals surface area contributed by atoms with Gasteiger partial charge in [-0.1, -0.05) is 25.1 Å². The number of aliphatic imine (C=N–C) groups is 1. The highest BCUT2D eigenvalue weighted by molar-refractivity contribution is 7.91. The Hall–Kier alpha value is -2.09. The van der Waals surface area contributed by atoms with Gasteiger partial charge in [0.2, 0.25) is 5.91 Å². The first kappa shape index (κ1) is 21.2. The number of guanidine groups is 1. The molecule has 0 aliphatic carbocycles. The van der Waals surface area contributed by atoms with Gasteiger partial charge in [-0.15, -0.1) is 0 Å². The molecule has 2 N–H and O–H groups in total. The molecule has 8 heteroatoms. The Morgan fingerprint density at radius 1 is 1.26 bits per heavy atom. The van der Waals surface area contributed by atoms with E-state index in [1.54, 1.807) is 30.3 Å². The summed E-state index contributed by atoms with van der Waals surface area (Å²) in [6.45, 7) is 6.44. The SMILES string of the molecule is CCNC(=NCCCS(=O)(=O)c1ccccc1)NC1CCN(C(=O)CC)C1. The molecule has 0 aromatic heterocycles. The monoisotopic (exact) mass is 394 g/mol. The van der Waals surface area contributed by atoms with Gasteiger partial charge >= 0.3 is 0 Å². The minimum atomic E-state index is -3.27. The molecule has 0 spiro atoms. The summed E-state index contributed by atoms with van der Waals surface area (Å²) in [6.07, 6.45) is 1.87. The molecule has 0 radical (unpaired) electrons. The fourth-order valence-corrected chi connectivity index (χ4v) is 4.35. The molecule has 1 aromatic rings. The van der Waals surface area contributed by atoms with Crippen molar-refractivity contribution in [1.29, 1.82) is 0 Å². The second kappa shape index (κ2) is 10.3. The van der Waals surface area contributed by atoms with Gasteiger partial charge in [-0.25, -0.2) is 8.42 Å². The van der Waals surface area contributed by atoms with Crippen LogP contribution in [0.4, 0.5) is 0 Å². The molecule has 27 heavy (non-hydrogen) atoms. The van der Waals surface area contributed by atoms with Gasteiger partial charge in [-0.05, 0) is 31.9 Å². The predicted molar refractivity (Wildman–Crippen MR) is 108 cm³/mol. The van der Waals surface area contributed by atoms with E-state index in [9.17, 15) is 13.2 Å². The number of amides is 1. The zero-order chi connectivity index (χ0) is 19.7. The second-order valence-corrected chi connectivity index (χ2v) is 8.68. The number of hydrogen-bond donors (Lipinski definition) is 2. The van der Waals surface area contributed by atoms with Crippen LogP contribution in [0.3, 0.4) is 0 Å². The van der Waals surface area contributed by atoms with Gasteiger partial charge in [-0.3, -0.25) is 9.79 Å². The fourth-order valence-electron chi connectivity index (χ4n) is 3.03. The first-order valence-electron chi connectivity index (χ1n) is 9.56. The summed E-state index contributed by atoms with van der Waals surface area (Å²) in [7, 11) is -3.27. The number of carbonyl (C=O) groups excluding carboxylic acids is 1. The first-order valence-corrected chi connectivity index (χ1v) is 11.2. The van der Waals surface area contributed by atoms with Crippen molar-refractivity contribution >= 4 is 21.7 Å². The van der Waals surface area contributed by atoms with Crippen LogP contribution in [0.2, 0.25) is 0 Å². The van der Waals surface area contributed by atoms with E-state index in [0.717, 1.165) is 19.5 Å². The third-order valence-corrected chi connectivity index (χ3v) is 6.29. The highest BCUT2D eigenvalue weighted by Gasteiger charge is 2.25. The van der Waals surface area contributed by atoms with Gasteiger partial charge in [0.1, 0.15) is 0 Å². The van der Waals surface area contributed by atoms with Crippen LogP contribution in [0, 0.1) is 0 Å². The molecule has 1 saturated heterocycles. The zero-order valence-electron chi connectivity index (χ0n) is 16.1. The van der Waals surface area contributed by atoms with E-state index in [1.807, 2.05) is 18.7 Å². The summed E-state index contributed by atoms with van der Waals surface area (Å²) in [5, 5.41) is 6.53. The molecule has 150 valence electrons. The summed E-state index contributed by atoms with van der Waals surface area (Å²) in [4.78, 5) is 18.5. The molecule has 7 nitrogen and oxygen atoms in total. The lowest BCUT2D eigenvalue weighted by atomic mass is 10.3. The fraction of sp³-hybridized carbons (Fsp3) is 0.579. The summed E-state index contributed by atoms with van der Waals surface area (Å²) in [5.41, 5.74) is 0. The van der Waals surface area contributed by atoms with E-state index in [4.69, 9.17) is 0 Å². The van der Waals surface area contributed by atoms with Gasteiger partial charge in [0.25, 0.3) is 0 Å². The molecule has 2 rings (SSSR count). The molecule has 1 atom stereocenters. The molecule has 0 bridgehead atoms. The van der Waals surface area contributed by atoms with Crippen molar-refractivity contribution in [3.05, 3.63) is 30.3 Å². The number of carbonyl (C=O) groups is 1. The minimum absolute atomic E-state index is 0.0716. The zero-order valence-corrected chi connectivity index (χ0v) is 17.0. The number of nitrogens with zero attached hydrogens (tertiary/aromatic N) is 2. The highest BCUT2D eigenvalue weighted by Crippen LogP contribution is 2.12. The van der Waals surface area contributed by atoms with Crippen LogP contribution in [0.15, 0.2) is 40.2 Å². The van der Waals surface area contributed by atoms with E-state index < -0.39 is 9.84 Å². The van der Waals surface area contributed by atoms with Gasteiger partial charge in [0.15, 0.2) is 15.8 Å². The molecule has 1 aliphatic heterocycles. The quantitative estimate of drug-likeness (QED) is 0.395. The topological polar surface area (TPSA) is 90.9 Å². The van der Waals surface area contributed by atoms with Gasteiger partial charge < -0.3 is 15.5 Å². The molecule has 1 heterocycles. The lowest BCUT2D eigenvalue weighted by Gasteiger charge is -2.18. The van der Waals surface area contributed by atoms with Crippen molar-refractivity contribution < 1.29 is 13.2 Å². The average Bonchev–Trinajstić information content (AvgIpc) is 3.14. The number of rotatable bonds is 8. The van der Waals surface area contributed by atoms with Crippen LogP contribution in [-0.4, -0.2) is 63.2 Å². The summed E-state index contributed by atoms with van der Waals surface area (Å²) < 4.78 is 24.6. The second-order valence-electron chi connectivity index (χ2n) is 6.57. The first-order chi connectivity index (χ1) is 13.0. The van der Waals surface area contributed by atoms with Crippen molar-refractivity contribution in [1.82, 2.24) is 15.5 Å². The van der Waals surface area contributed by atoms with Crippen molar-refractivity contribution in [3.8, 4) is 0 Å². The number of benzene rings is 1. The van der Waals surface area contributed by atoms with Crippen LogP contribution >= 0.6 is 0 Å². The lowest BCUT2D eigenvalue weighted by Crippen LogP contribution is -2.45. The summed E-state index contributed by atoms with van der Waals surface area (Å²) in [6, 6.07) is 8.67. The van der Waals surface area contributed by atoms with E-state index in [1.165, 1.54) is 0 Å². The smallest absolute Gasteiger partial charge is 0.222 e. The summed E-state index contributed by atoms with van der Waals surface area (Å²) >= 11 is 0. The Kier molecular flexibility index (Phi) is 8.09.